The van der Waals surface area contributed by atoms with Gasteiger partial charge < -0.3 is 16.0 Å². The standard InChI is InChI=1S/C16H24N4O/c1-19-8-9-20(2)15(12-19)11-18-16(21)7-6-13-4-3-5-14(17)10-13/h3-7,10,15H,8-9,11-12,17H2,1-2H3,(H,18,21)/b7-6+. The van der Waals surface area contributed by atoms with Crippen molar-refractivity contribution in [3.63, 3.8) is 0 Å². The van der Waals surface area contributed by atoms with Crippen LogP contribution in [-0.4, -0.2) is 62.0 Å². The minimum atomic E-state index is -0.0703. The van der Waals surface area contributed by atoms with Gasteiger partial charge in [0.05, 0.1) is 0 Å². The van der Waals surface area contributed by atoms with Gasteiger partial charge in [-0.2, -0.15) is 0 Å². The number of benzene rings is 1. The van der Waals surface area contributed by atoms with Crippen LogP contribution >= 0.6 is 0 Å². The molecule has 114 valence electrons. The summed E-state index contributed by atoms with van der Waals surface area (Å²) in [5.74, 6) is -0.0703. The van der Waals surface area contributed by atoms with E-state index >= 15 is 0 Å². The molecule has 21 heavy (non-hydrogen) atoms. The second-order valence-electron chi connectivity index (χ2n) is 5.65. The third kappa shape index (κ3) is 4.88. The molecule has 0 aromatic heterocycles. The molecule has 1 aromatic rings. The van der Waals surface area contributed by atoms with Gasteiger partial charge in [0.2, 0.25) is 5.91 Å². The largest absolute Gasteiger partial charge is 0.399 e. The Hall–Kier alpha value is -1.85. The lowest BCUT2D eigenvalue weighted by molar-refractivity contribution is -0.116. The number of nitrogens with two attached hydrogens (primary N) is 1. The monoisotopic (exact) mass is 288 g/mol. The fourth-order valence-corrected chi connectivity index (χ4v) is 2.43. The molecule has 1 atom stereocenters. The topological polar surface area (TPSA) is 61.6 Å². The van der Waals surface area contributed by atoms with Gasteiger partial charge in [-0.1, -0.05) is 12.1 Å². The first-order valence-electron chi connectivity index (χ1n) is 7.25. The average molecular weight is 288 g/mol. The number of piperazine rings is 1. The molecule has 5 nitrogen and oxygen atoms in total. The lowest BCUT2D eigenvalue weighted by Gasteiger charge is -2.37. The smallest absolute Gasteiger partial charge is 0.244 e. The molecule has 0 bridgehead atoms. The van der Waals surface area contributed by atoms with Crippen molar-refractivity contribution in [2.24, 2.45) is 0 Å². The van der Waals surface area contributed by atoms with Gasteiger partial charge in [0.25, 0.3) is 0 Å². The highest BCUT2D eigenvalue weighted by Crippen LogP contribution is 2.08. The first-order chi connectivity index (χ1) is 10.0. The SMILES string of the molecule is CN1CCN(C)C(CNC(=O)/C=C/c2cccc(N)c2)C1. The third-order valence-electron chi connectivity index (χ3n) is 3.83. The number of nitrogens with zero attached hydrogens (tertiary/aromatic N) is 2. The first kappa shape index (κ1) is 15.5. The van der Waals surface area contributed by atoms with E-state index in [9.17, 15) is 4.79 Å². The summed E-state index contributed by atoms with van der Waals surface area (Å²) in [6.45, 7) is 3.77. The van der Waals surface area contributed by atoms with Crippen molar-refractivity contribution in [2.45, 2.75) is 6.04 Å². The summed E-state index contributed by atoms with van der Waals surface area (Å²) in [7, 11) is 4.22. The van der Waals surface area contributed by atoms with E-state index in [0.717, 1.165) is 25.2 Å². The summed E-state index contributed by atoms with van der Waals surface area (Å²) < 4.78 is 0. The minimum Gasteiger partial charge on any atom is -0.399 e. The zero-order valence-corrected chi connectivity index (χ0v) is 12.7. The molecule has 1 saturated heterocycles. The third-order valence-corrected chi connectivity index (χ3v) is 3.83. The van der Waals surface area contributed by atoms with Crippen molar-refractivity contribution < 1.29 is 4.79 Å². The normalized spacial score (nSPS) is 20.8. The Bertz CT molecular complexity index is 515. The highest BCUT2D eigenvalue weighted by molar-refractivity contribution is 5.91. The van der Waals surface area contributed by atoms with Gasteiger partial charge >= 0.3 is 0 Å². The number of carbonyl (C=O) groups excluding carboxylic acids is 1. The van der Waals surface area contributed by atoms with Crippen LogP contribution in [0.1, 0.15) is 5.56 Å². The van der Waals surface area contributed by atoms with Gasteiger partial charge in [0.1, 0.15) is 0 Å². The zero-order valence-electron chi connectivity index (χ0n) is 12.7. The van der Waals surface area contributed by atoms with E-state index in [1.165, 1.54) is 0 Å². The van der Waals surface area contributed by atoms with Crippen LogP contribution in [0.5, 0.6) is 0 Å². The summed E-state index contributed by atoms with van der Waals surface area (Å²) in [5.41, 5.74) is 7.33. The summed E-state index contributed by atoms with van der Waals surface area (Å²) in [6, 6.07) is 7.83. The average Bonchev–Trinajstić information content (AvgIpc) is 2.46. The van der Waals surface area contributed by atoms with Crippen LogP contribution in [0.3, 0.4) is 0 Å². The molecular formula is C16H24N4O. The molecule has 0 radical (unpaired) electrons. The van der Waals surface area contributed by atoms with Gasteiger partial charge in [-0.25, -0.2) is 0 Å². The van der Waals surface area contributed by atoms with Crippen LogP contribution in [0, 0.1) is 0 Å². The van der Waals surface area contributed by atoms with Crippen molar-refractivity contribution in [3.8, 4) is 0 Å². The van der Waals surface area contributed by atoms with Crippen LogP contribution in [0.4, 0.5) is 5.69 Å². The number of anilines is 1. The number of hydrogen-bond acceptors (Lipinski definition) is 4. The van der Waals surface area contributed by atoms with Gasteiger partial charge in [0, 0.05) is 44.0 Å². The molecule has 1 heterocycles. The zero-order chi connectivity index (χ0) is 15.2. The van der Waals surface area contributed by atoms with E-state index in [1.807, 2.05) is 24.3 Å². The van der Waals surface area contributed by atoms with Crippen molar-refractivity contribution in [3.05, 3.63) is 35.9 Å². The second kappa shape index (κ2) is 7.24. The molecular weight excluding hydrogens is 264 g/mol. The summed E-state index contributed by atoms with van der Waals surface area (Å²) >= 11 is 0. The van der Waals surface area contributed by atoms with Crippen LogP contribution in [0.2, 0.25) is 0 Å². The van der Waals surface area contributed by atoms with E-state index in [-0.39, 0.29) is 5.91 Å². The molecule has 1 unspecified atom stereocenters. The fraction of sp³-hybridized carbons (Fsp3) is 0.438. The Kier molecular flexibility index (Phi) is 5.36. The van der Waals surface area contributed by atoms with Crippen molar-refractivity contribution in [1.29, 1.82) is 0 Å². The predicted octanol–water partition coefficient (Wildman–Crippen LogP) is 0.644. The lowest BCUT2D eigenvalue weighted by atomic mass is 10.1. The lowest BCUT2D eigenvalue weighted by Crippen LogP contribution is -2.54. The Morgan fingerprint density at radius 1 is 1.43 bits per heavy atom. The van der Waals surface area contributed by atoms with Crippen LogP contribution in [-0.2, 0) is 4.79 Å². The number of rotatable bonds is 4. The molecule has 5 heteroatoms. The van der Waals surface area contributed by atoms with Gasteiger partial charge in [0.15, 0.2) is 0 Å². The maximum Gasteiger partial charge on any atom is 0.244 e. The predicted molar refractivity (Wildman–Crippen MR) is 86.8 cm³/mol. The fourth-order valence-electron chi connectivity index (χ4n) is 2.43. The van der Waals surface area contributed by atoms with Crippen molar-refractivity contribution >= 4 is 17.7 Å². The van der Waals surface area contributed by atoms with E-state index in [2.05, 4.69) is 29.2 Å². The first-order valence-corrected chi connectivity index (χ1v) is 7.25. The molecule has 2 rings (SSSR count). The van der Waals surface area contributed by atoms with Gasteiger partial charge in [-0.3, -0.25) is 9.69 Å². The van der Waals surface area contributed by atoms with Crippen molar-refractivity contribution in [2.75, 3.05) is 46.0 Å². The van der Waals surface area contributed by atoms with Gasteiger partial charge in [-0.15, -0.1) is 0 Å². The Morgan fingerprint density at radius 2 is 2.24 bits per heavy atom. The number of nitrogens with one attached hydrogen (secondary N) is 1. The van der Waals surface area contributed by atoms with Gasteiger partial charge in [-0.05, 0) is 37.9 Å². The van der Waals surface area contributed by atoms with Crippen LogP contribution in [0.15, 0.2) is 30.3 Å². The summed E-state index contributed by atoms with van der Waals surface area (Å²) in [5, 5.41) is 2.96. The Labute approximate surface area is 126 Å². The molecule has 1 aliphatic rings. The molecule has 0 aliphatic carbocycles. The minimum absolute atomic E-state index is 0.0703. The van der Waals surface area contributed by atoms with E-state index in [0.29, 0.717) is 18.3 Å². The van der Waals surface area contributed by atoms with Crippen LogP contribution < -0.4 is 11.1 Å². The van der Waals surface area contributed by atoms with E-state index in [4.69, 9.17) is 5.73 Å². The number of nitrogen functional groups attached to an aromatic ring is 1. The van der Waals surface area contributed by atoms with E-state index in [1.54, 1.807) is 12.2 Å². The highest BCUT2D eigenvalue weighted by atomic mass is 16.1. The second-order valence-corrected chi connectivity index (χ2v) is 5.65. The molecule has 3 N–H and O–H groups in total. The quantitative estimate of drug-likeness (QED) is 0.631. The molecule has 1 aliphatic heterocycles. The summed E-state index contributed by atoms with van der Waals surface area (Å²) in [6.07, 6.45) is 3.34. The number of likely N-dealkylation sites (N-methyl/N-ethyl adjacent to an activating group) is 2. The van der Waals surface area contributed by atoms with Crippen LogP contribution in [0.25, 0.3) is 6.08 Å². The molecule has 1 amide bonds. The number of amides is 1. The maximum atomic E-state index is 11.9. The van der Waals surface area contributed by atoms with E-state index < -0.39 is 0 Å². The molecule has 0 saturated carbocycles. The Balaban J connectivity index is 1.82. The maximum absolute atomic E-state index is 11.9. The molecule has 1 aromatic carbocycles. The molecule has 1 fully saturated rings. The Morgan fingerprint density at radius 3 is 3.00 bits per heavy atom. The van der Waals surface area contributed by atoms with Crippen molar-refractivity contribution in [1.82, 2.24) is 15.1 Å². The molecule has 0 spiro atoms. The highest BCUT2D eigenvalue weighted by Gasteiger charge is 2.21. The number of hydrogen-bond donors (Lipinski definition) is 2. The summed E-state index contributed by atoms with van der Waals surface area (Å²) in [4.78, 5) is 16.5. The number of carbonyl (C=O) groups is 1.